The standard InChI is InChI=1S/C11H13ClO/c1-3-10(12)11(13)9-6-4-5-8(2)7-9/h4-7,10H,3H2,1-2H3. The highest BCUT2D eigenvalue weighted by Crippen LogP contribution is 2.12. The van der Waals surface area contributed by atoms with Crippen LogP contribution in [0.5, 0.6) is 0 Å². The predicted molar refractivity (Wildman–Crippen MR) is 55.4 cm³/mol. The third-order valence-electron chi connectivity index (χ3n) is 1.95. The molecule has 0 saturated carbocycles. The molecular formula is C11H13ClO. The summed E-state index contributed by atoms with van der Waals surface area (Å²) in [6.07, 6.45) is 0.675. The van der Waals surface area contributed by atoms with Gasteiger partial charge in [-0.3, -0.25) is 4.79 Å². The summed E-state index contributed by atoms with van der Waals surface area (Å²) in [4.78, 5) is 11.6. The number of halogens is 1. The van der Waals surface area contributed by atoms with Gasteiger partial charge in [-0.05, 0) is 19.4 Å². The topological polar surface area (TPSA) is 17.1 Å². The highest BCUT2D eigenvalue weighted by molar-refractivity contribution is 6.33. The first-order valence-electron chi connectivity index (χ1n) is 4.40. The zero-order chi connectivity index (χ0) is 9.84. The molecule has 0 amide bonds. The summed E-state index contributed by atoms with van der Waals surface area (Å²) < 4.78 is 0. The molecule has 70 valence electrons. The molecule has 0 aliphatic heterocycles. The van der Waals surface area contributed by atoms with Crippen molar-refractivity contribution in [2.45, 2.75) is 25.6 Å². The lowest BCUT2D eigenvalue weighted by Crippen LogP contribution is -2.13. The number of aryl methyl sites for hydroxylation is 1. The fraction of sp³-hybridized carbons (Fsp3) is 0.364. The Balaban J connectivity index is 2.89. The van der Waals surface area contributed by atoms with Gasteiger partial charge in [0, 0.05) is 5.56 Å². The number of rotatable bonds is 3. The molecule has 0 fully saturated rings. The molecule has 0 heterocycles. The van der Waals surface area contributed by atoms with Crippen molar-refractivity contribution in [2.75, 3.05) is 0 Å². The van der Waals surface area contributed by atoms with Crippen molar-refractivity contribution < 1.29 is 4.79 Å². The van der Waals surface area contributed by atoms with Crippen molar-refractivity contribution in [1.29, 1.82) is 0 Å². The molecule has 1 aromatic carbocycles. The van der Waals surface area contributed by atoms with Gasteiger partial charge >= 0.3 is 0 Å². The Morgan fingerprint density at radius 3 is 2.77 bits per heavy atom. The molecule has 0 spiro atoms. The van der Waals surface area contributed by atoms with Crippen LogP contribution in [0.3, 0.4) is 0 Å². The van der Waals surface area contributed by atoms with E-state index in [4.69, 9.17) is 11.6 Å². The molecule has 1 unspecified atom stereocenters. The molecule has 13 heavy (non-hydrogen) atoms. The number of benzene rings is 1. The summed E-state index contributed by atoms with van der Waals surface area (Å²) >= 11 is 5.85. The van der Waals surface area contributed by atoms with Gasteiger partial charge in [-0.2, -0.15) is 0 Å². The Bertz CT molecular complexity index is 307. The third-order valence-corrected chi connectivity index (χ3v) is 2.45. The fourth-order valence-electron chi connectivity index (χ4n) is 1.16. The summed E-state index contributed by atoms with van der Waals surface area (Å²) in [5.41, 5.74) is 1.80. The number of alkyl halides is 1. The first-order chi connectivity index (χ1) is 6.15. The van der Waals surface area contributed by atoms with Gasteiger partial charge in [0.25, 0.3) is 0 Å². The van der Waals surface area contributed by atoms with Crippen LogP contribution in [0.2, 0.25) is 0 Å². The average Bonchev–Trinajstić information content (AvgIpc) is 2.15. The highest BCUT2D eigenvalue weighted by Gasteiger charge is 2.14. The van der Waals surface area contributed by atoms with Gasteiger partial charge in [-0.25, -0.2) is 0 Å². The smallest absolute Gasteiger partial charge is 0.180 e. The summed E-state index contributed by atoms with van der Waals surface area (Å²) in [6.45, 7) is 3.87. The zero-order valence-electron chi connectivity index (χ0n) is 7.88. The lowest BCUT2D eigenvalue weighted by molar-refractivity contribution is 0.0985. The van der Waals surface area contributed by atoms with Crippen LogP contribution < -0.4 is 0 Å². The first kappa shape index (κ1) is 10.3. The number of carbonyl (C=O) groups is 1. The quantitative estimate of drug-likeness (QED) is 0.536. The molecule has 1 aromatic rings. The van der Waals surface area contributed by atoms with Crippen molar-refractivity contribution >= 4 is 17.4 Å². The van der Waals surface area contributed by atoms with E-state index < -0.39 is 0 Å². The Kier molecular flexibility index (Phi) is 3.49. The van der Waals surface area contributed by atoms with Crippen LogP contribution in [0, 0.1) is 6.92 Å². The minimum atomic E-state index is -0.387. The van der Waals surface area contributed by atoms with E-state index >= 15 is 0 Å². The monoisotopic (exact) mass is 196 g/mol. The van der Waals surface area contributed by atoms with Crippen LogP contribution >= 0.6 is 11.6 Å². The summed E-state index contributed by atoms with van der Waals surface area (Å²) in [5, 5.41) is -0.387. The van der Waals surface area contributed by atoms with E-state index in [1.54, 1.807) is 6.07 Å². The maximum Gasteiger partial charge on any atom is 0.180 e. The number of carbonyl (C=O) groups excluding carboxylic acids is 1. The molecule has 1 nitrogen and oxygen atoms in total. The highest BCUT2D eigenvalue weighted by atomic mass is 35.5. The van der Waals surface area contributed by atoms with Crippen molar-refractivity contribution in [3.05, 3.63) is 35.4 Å². The second kappa shape index (κ2) is 4.43. The molecule has 0 aliphatic rings. The molecule has 1 rings (SSSR count). The van der Waals surface area contributed by atoms with E-state index in [-0.39, 0.29) is 11.2 Å². The number of hydrogen-bond donors (Lipinski definition) is 0. The van der Waals surface area contributed by atoms with Crippen LogP contribution in [0.4, 0.5) is 0 Å². The number of hydrogen-bond acceptors (Lipinski definition) is 1. The molecule has 0 N–H and O–H groups in total. The summed E-state index contributed by atoms with van der Waals surface area (Å²) in [5.74, 6) is 0.0212. The van der Waals surface area contributed by atoms with Gasteiger partial charge in [0.15, 0.2) is 5.78 Å². The van der Waals surface area contributed by atoms with Gasteiger partial charge in [0.1, 0.15) is 0 Å². The Morgan fingerprint density at radius 1 is 1.54 bits per heavy atom. The molecular weight excluding hydrogens is 184 g/mol. The Hall–Kier alpha value is -0.820. The molecule has 2 heteroatoms. The van der Waals surface area contributed by atoms with Crippen LogP contribution in [0.1, 0.15) is 29.3 Å². The van der Waals surface area contributed by atoms with Crippen molar-refractivity contribution in [3.8, 4) is 0 Å². The Morgan fingerprint density at radius 2 is 2.23 bits per heavy atom. The zero-order valence-corrected chi connectivity index (χ0v) is 8.64. The predicted octanol–water partition coefficient (Wildman–Crippen LogP) is 3.20. The fourth-order valence-corrected chi connectivity index (χ4v) is 1.29. The summed E-state index contributed by atoms with van der Waals surface area (Å²) in [7, 11) is 0. The van der Waals surface area contributed by atoms with Gasteiger partial charge < -0.3 is 0 Å². The average molecular weight is 197 g/mol. The van der Waals surface area contributed by atoms with Crippen molar-refractivity contribution in [1.82, 2.24) is 0 Å². The van der Waals surface area contributed by atoms with Gasteiger partial charge in [0.2, 0.25) is 0 Å². The minimum absolute atomic E-state index is 0.0212. The second-order valence-electron chi connectivity index (χ2n) is 3.11. The molecule has 0 aromatic heterocycles. The largest absolute Gasteiger partial charge is 0.293 e. The number of ketones is 1. The molecule has 0 bridgehead atoms. The van der Waals surface area contributed by atoms with Gasteiger partial charge in [-0.15, -0.1) is 11.6 Å². The van der Waals surface area contributed by atoms with E-state index in [9.17, 15) is 4.79 Å². The minimum Gasteiger partial charge on any atom is -0.293 e. The first-order valence-corrected chi connectivity index (χ1v) is 4.83. The number of Topliss-reactive ketones (excluding diaryl/α,β-unsaturated/α-hetero) is 1. The van der Waals surface area contributed by atoms with Crippen LogP contribution in [-0.2, 0) is 0 Å². The van der Waals surface area contributed by atoms with E-state index in [0.29, 0.717) is 12.0 Å². The van der Waals surface area contributed by atoms with Crippen LogP contribution in [-0.4, -0.2) is 11.2 Å². The third kappa shape index (κ3) is 2.56. The molecule has 0 aliphatic carbocycles. The molecule has 0 radical (unpaired) electrons. The maximum atomic E-state index is 11.6. The molecule has 1 atom stereocenters. The second-order valence-corrected chi connectivity index (χ2v) is 3.64. The Labute approximate surface area is 83.7 Å². The van der Waals surface area contributed by atoms with Gasteiger partial charge in [0.05, 0.1) is 5.38 Å². The lowest BCUT2D eigenvalue weighted by atomic mass is 10.0. The van der Waals surface area contributed by atoms with Crippen molar-refractivity contribution in [2.24, 2.45) is 0 Å². The van der Waals surface area contributed by atoms with E-state index in [0.717, 1.165) is 5.56 Å². The van der Waals surface area contributed by atoms with Crippen LogP contribution in [0.25, 0.3) is 0 Å². The van der Waals surface area contributed by atoms with Crippen LogP contribution in [0.15, 0.2) is 24.3 Å². The normalized spacial score (nSPS) is 12.5. The SMILES string of the molecule is CCC(Cl)C(=O)c1cccc(C)c1. The summed E-state index contributed by atoms with van der Waals surface area (Å²) in [6, 6.07) is 7.52. The van der Waals surface area contributed by atoms with E-state index in [2.05, 4.69) is 0 Å². The van der Waals surface area contributed by atoms with E-state index in [1.165, 1.54) is 0 Å². The van der Waals surface area contributed by atoms with Gasteiger partial charge in [-0.1, -0.05) is 30.7 Å². The van der Waals surface area contributed by atoms with E-state index in [1.807, 2.05) is 32.0 Å². The lowest BCUT2D eigenvalue weighted by Gasteiger charge is -2.05. The molecule has 0 saturated heterocycles. The maximum absolute atomic E-state index is 11.6. The van der Waals surface area contributed by atoms with Crippen molar-refractivity contribution in [3.63, 3.8) is 0 Å².